The highest BCUT2D eigenvalue weighted by atomic mass is 15.4. The minimum absolute atomic E-state index is 0.481. The van der Waals surface area contributed by atoms with Crippen LogP contribution in [0.4, 0.5) is 5.69 Å². The average molecular weight is 257 g/mol. The molecule has 0 bridgehead atoms. The lowest BCUT2D eigenvalue weighted by atomic mass is 10.1. The van der Waals surface area contributed by atoms with Crippen molar-refractivity contribution in [1.82, 2.24) is 20.3 Å². The standard InChI is InChI=1S/C14H19N5/c1-15-12-4-2-3-11(9-12)14-10-19(18-17-14)13-5-7-16-8-6-13/h2-4,9-10,13,15-16H,5-8H2,1H3. The maximum atomic E-state index is 4.30. The van der Waals surface area contributed by atoms with E-state index in [9.17, 15) is 0 Å². The van der Waals surface area contributed by atoms with Gasteiger partial charge in [-0.2, -0.15) is 0 Å². The molecule has 0 aliphatic carbocycles. The number of benzene rings is 1. The molecular formula is C14H19N5. The van der Waals surface area contributed by atoms with Crippen molar-refractivity contribution in [2.75, 3.05) is 25.5 Å². The van der Waals surface area contributed by atoms with Crippen LogP contribution in [0.5, 0.6) is 0 Å². The molecule has 100 valence electrons. The third-order valence-corrected chi connectivity index (χ3v) is 3.64. The summed E-state index contributed by atoms with van der Waals surface area (Å²) in [7, 11) is 1.92. The molecule has 1 aliphatic rings. The third kappa shape index (κ3) is 2.61. The summed E-state index contributed by atoms with van der Waals surface area (Å²) in [5, 5.41) is 15.1. The monoisotopic (exact) mass is 257 g/mol. The predicted molar refractivity (Wildman–Crippen MR) is 76.1 cm³/mol. The molecule has 2 heterocycles. The third-order valence-electron chi connectivity index (χ3n) is 3.64. The molecule has 1 fully saturated rings. The molecule has 19 heavy (non-hydrogen) atoms. The van der Waals surface area contributed by atoms with Crippen molar-refractivity contribution in [3.63, 3.8) is 0 Å². The van der Waals surface area contributed by atoms with Crippen LogP contribution in [-0.2, 0) is 0 Å². The van der Waals surface area contributed by atoms with E-state index in [1.807, 2.05) is 23.9 Å². The highest BCUT2D eigenvalue weighted by Crippen LogP contribution is 2.23. The smallest absolute Gasteiger partial charge is 0.113 e. The summed E-state index contributed by atoms with van der Waals surface area (Å²) in [5.41, 5.74) is 3.14. The Labute approximate surface area is 113 Å². The minimum Gasteiger partial charge on any atom is -0.388 e. The quantitative estimate of drug-likeness (QED) is 0.882. The van der Waals surface area contributed by atoms with Gasteiger partial charge in [-0.05, 0) is 38.1 Å². The van der Waals surface area contributed by atoms with Crippen LogP contribution in [0.25, 0.3) is 11.3 Å². The van der Waals surface area contributed by atoms with Crippen LogP contribution in [0.2, 0.25) is 0 Å². The molecule has 5 nitrogen and oxygen atoms in total. The maximum absolute atomic E-state index is 4.30. The van der Waals surface area contributed by atoms with Crippen molar-refractivity contribution in [3.05, 3.63) is 30.5 Å². The van der Waals surface area contributed by atoms with Crippen LogP contribution in [-0.4, -0.2) is 35.1 Å². The van der Waals surface area contributed by atoms with Gasteiger partial charge in [-0.1, -0.05) is 17.3 Å². The second-order valence-corrected chi connectivity index (χ2v) is 4.90. The van der Waals surface area contributed by atoms with Crippen LogP contribution >= 0.6 is 0 Å². The van der Waals surface area contributed by atoms with Crippen LogP contribution in [0.15, 0.2) is 30.5 Å². The Hall–Kier alpha value is -1.88. The first kappa shape index (κ1) is 12.2. The number of rotatable bonds is 3. The van der Waals surface area contributed by atoms with Gasteiger partial charge >= 0.3 is 0 Å². The topological polar surface area (TPSA) is 54.8 Å². The Morgan fingerprint density at radius 2 is 2.16 bits per heavy atom. The molecule has 2 N–H and O–H groups in total. The van der Waals surface area contributed by atoms with Crippen LogP contribution in [0, 0.1) is 0 Å². The van der Waals surface area contributed by atoms with Gasteiger partial charge in [0.05, 0.1) is 12.2 Å². The Morgan fingerprint density at radius 1 is 1.32 bits per heavy atom. The van der Waals surface area contributed by atoms with Crippen LogP contribution in [0.1, 0.15) is 18.9 Å². The van der Waals surface area contributed by atoms with E-state index in [-0.39, 0.29) is 0 Å². The molecule has 0 atom stereocenters. The number of aromatic nitrogens is 3. The average Bonchev–Trinajstić information content (AvgIpc) is 2.98. The first-order valence-electron chi connectivity index (χ1n) is 6.77. The SMILES string of the molecule is CNc1cccc(-c2cn(C3CCNCC3)nn2)c1. The first-order chi connectivity index (χ1) is 9.36. The van der Waals surface area contributed by atoms with Crippen LogP contribution in [0.3, 0.4) is 0 Å². The lowest BCUT2D eigenvalue weighted by molar-refractivity contribution is 0.337. The van der Waals surface area contributed by atoms with Crippen molar-refractivity contribution in [3.8, 4) is 11.3 Å². The zero-order valence-corrected chi connectivity index (χ0v) is 11.1. The highest BCUT2D eigenvalue weighted by molar-refractivity contribution is 5.64. The van der Waals surface area contributed by atoms with Gasteiger partial charge in [0.1, 0.15) is 5.69 Å². The van der Waals surface area contributed by atoms with Crippen molar-refractivity contribution >= 4 is 5.69 Å². The number of hydrogen-bond acceptors (Lipinski definition) is 4. The lowest BCUT2D eigenvalue weighted by Gasteiger charge is -2.22. The largest absolute Gasteiger partial charge is 0.388 e. The Bertz CT molecular complexity index is 542. The van der Waals surface area contributed by atoms with E-state index in [0.717, 1.165) is 42.9 Å². The summed E-state index contributed by atoms with van der Waals surface area (Å²) in [5.74, 6) is 0. The normalized spacial score (nSPS) is 16.5. The van der Waals surface area contributed by atoms with Gasteiger partial charge in [0.15, 0.2) is 0 Å². The van der Waals surface area contributed by atoms with Gasteiger partial charge in [-0.25, -0.2) is 4.68 Å². The first-order valence-corrected chi connectivity index (χ1v) is 6.77. The summed E-state index contributed by atoms with van der Waals surface area (Å²) < 4.78 is 2.02. The zero-order valence-electron chi connectivity index (χ0n) is 11.1. The van der Waals surface area contributed by atoms with Gasteiger partial charge < -0.3 is 10.6 Å². The zero-order chi connectivity index (χ0) is 13.1. The molecule has 0 unspecified atom stereocenters. The summed E-state index contributed by atoms with van der Waals surface area (Å²) in [4.78, 5) is 0. The van der Waals surface area contributed by atoms with Gasteiger partial charge in [0.2, 0.25) is 0 Å². The van der Waals surface area contributed by atoms with E-state index in [4.69, 9.17) is 0 Å². The molecule has 2 aromatic rings. The van der Waals surface area contributed by atoms with Gasteiger partial charge in [0, 0.05) is 18.3 Å². The minimum atomic E-state index is 0.481. The van der Waals surface area contributed by atoms with E-state index in [2.05, 4.69) is 39.3 Å². The summed E-state index contributed by atoms with van der Waals surface area (Å²) >= 11 is 0. The number of piperidine rings is 1. The fraction of sp³-hybridized carbons (Fsp3) is 0.429. The number of hydrogen-bond donors (Lipinski definition) is 2. The molecule has 1 aliphatic heterocycles. The Kier molecular flexibility index (Phi) is 3.46. The van der Waals surface area contributed by atoms with E-state index < -0.39 is 0 Å². The molecule has 0 amide bonds. The molecule has 1 aromatic heterocycles. The van der Waals surface area contributed by atoms with Crippen LogP contribution < -0.4 is 10.6 Å². The molecule has 0 saturated carbocycles. The van der Waals surface area contributed by atoms with Gasteiger partial charge in [-0.3, -0.25) is 0 Å². The second kappa shape index (κ2) is 5.40. The molecule has 0 spiro atoms. The Morgan fingerprint density at radius 3 is 2.95 bits per heavy atom. The fourth-order valence-corrected chi connectivity index (χ4v) is 2.49. The highest BCUT2D eigenvalue weighted by Gasteiger charge is 2.16. The van der Waals surface area contributed by atoms with Gasteiger partial charge in [-0.15, -0.1) is 5.10 Å². The molecule has 5 heteroatoms. The summed E-state index contributed by atoms with van der Waals surface area (Å²) in [6.07, 6.45) is 4.31. The Balaban J connectivity index is 1.83. The van der Waals surface area contributed by atoms with E-state index in [1.54, 1.807) is 0 Å². The molecular weight excluding hydrogens is 238 g/mol. The van der Waals surface area contributed by atoms with E-state index in [1.165, 1.54) is 0 Å². The molecule has 0 radical (unpaired) electrons. The van der Waals surface area contributed by atoms with Crippen molar-refractivity contribution in [2.24, 2.45) is 0 Å². The molecule has 1 saturated heterocycles. The van der Waals surface area contributed by atoms with Crippen molar-refractivity contribution in [1.29, 1.82) is 0 Å². The van der Waals surface area contributed by atoms with E-state index >= 15 is 0 Å². The van der Waals surface area contributed by atoms with E-state index in [0.29, 0.717) is 6.04 Å². The number of nitrogens with one attached hydrogen (secondary N) is 2. The second-order valence-electron chi connectivity index (χ2n) is 4.90. The van der Waals surface area contributed by atoms with Gasteiger partial charge in [0.25, 0.3) is 0 Å². The summed E-state index contributed by atoms with van der Waals surface area (Å²) in [6.45, 7) is 2.13. The predicted octanol–water partition coefficient (Wildman–Crippen LogP) is 1.91. The summed E-state index contributed by atoms with van der Waals surface area (Å²) in [6, 6.07) is 8.72. The fourth-order valence-electron chi connectivity index (χ4n) is 2.49. The molecule has 3 rings (SSSR count). The van der Waals surface area contributed by atoms with Crippen molar-refractivity contribution in [2.45, 2.75) is 18.9 Å². The van der Waals surface area contributed by atoms with Crippen molar-refractivity contribution < 1.29 is 0 Å². The number of nitrogens with zero attached hydrogens (tertiary/aromatic N) is 3. The number of anilines is 1. The maximum Gasteiger partial charge on any atom is 0.113 e. The lowest BCUT2D eigenvalue weighted by Crippen LogP contribution is -2.29. The molecule has 1 aromatic carbocycles.